The molecule has 7 heteroatoms. The van der Waals surface area contributed by atoms with Gasteiger partial charge in [0.1, 0.15) is 0 Å². The van der Waals surface area contributed by atoms with E-state index < -0.39 is 18.0 Å². The van der Waals surface area contributed by atoms with E-state index in [0.29, 0.717) is 5.01 Å². The summed E-state index contributed by atoms with van der Waals surface area (Å²) in [4.78, 5) is 32.6. The van der Waals surface area contributed by atoms with Crippen molar-refractivity contribution < 1.29 is 14.3 Å². The van der Waals surface area contributed by atoms with Gasteiger partial charge in [0.05, 0.1) is 11.9 Å². The summed E-state index contributed by atoms with van der Waals surface area (Å²) in [6.07, 6.45) is 0. The Morgan fingerprint density at radius 2 is 2.00 bits per heavy atom. The van der Waals surface area contributed by atoms with Gasteiger partial charge in [0.25, 0.3) is 0 Å². The molecule has 1 unspecified atom stereocenters. The van der Waals surface area contributed by atoms with Crippen LogP contribution in [0.2, 0.25) is 0 Å². The van der Waals surface area contributed by atoms with Crippen molar-refractivity contribution in [3.05, 3.63) is 4.91 Å². The molecule has 0 spiro atoms. The third-order valence-electron chi connectivity index (χ3n) is 1.74. The number of ether oxygens (including phenoxy) is 1. The predicted molar refractivity (Wildman–Crippen MR) is 52.5 cm³/mol. The van der Waals surface area contributed by atoms with Crippen LogP contribution in [0.25, 0.3) is 0 Å². The largest absolute Gasteiger partial charge is 0.464 e. The van der Waals surface area contributed by atoms with Crippen LogP contribution in [0.3, 0.4) is 0 Å². The van der Waals surface area contributed by atoms with Crippen LogP contribution in [0.5, 0.6) is 0 Å². The van der Waals surface area contributed by atoms with Gasteiger partial charge in [-0.1, -0.05) is 13.8 Å². The van der Waals surface area contributed by atoms with Crippen LogP contribution >= 0.6 is 0 Å². The number of hydrogen-bond donors (Lipinski definition) is 1. The molecular weight excluding hydrogens is 202 g/mol. The van der Waals surface area contributed by atoms with E-state index in [-0.39, 0.29) is 12.5 Å². The van der Waals surface area contributed by atoms with Crippen molar-refractivity contribution in [1.29, 1.82) is 0 Å². The number of urea groups is 1. The molecule has 86 valence electrons. The summed E-state index contributed by atoms with van der Waals surface area (Å²) in [5.74, 6) is -1.000. The summed E-state index contributed by atoms with van der Waals surface area (Å²) in [7, 11) is 0. The Balaban J connectivity index is 4.85. The van der Waals surface area contributed by atoms with Crippen molar-refractivity contribution in [2.45, 2.75) is 26.8 Å². The molecule has 0 aromatic carbocycles. The standard InChI is InChI=1S/C8H15N3O4/c1-4-15-7(12)6(5(2)3)11(10-14)8(9)13/h5-6H,4H2,1-3H3,(H2,9,13). The fraction of sp³-hybridized carbons (Fsp3) is 0.750. The van der Waals surface area contributed by atoms with Gasteiger partial charge in [-0.15, -0.1) is 4.91 Å². The molecule has 0 bridgehead atoms. The minimum atomic E-state index is -1.07. The summed E-state index contributed by atoms with van der Waals surface area (Å²) in [5, 5.41) is 2.81. The van der Waals surface area contributed by atoms with Crippen molar-refractivity contribution >= 4 is 12.0 Å². The third-order valence-corrected chi connectivity index (χ3v) is 1.74. The monoisotopic (exact) mass is 217 g/mol. The molecule has 2 N–H and O–H groups in total. The van der Waals surface area contributed by atoms with Crippen LogP contribution in [0.4, 0.5) is 4.79 Å². The summed E-state index contributed by atoms with van der Waals surface area (Å²) < 4.78 is 4.71. The van der Waals surface area contributed by atoms with E-state index in [0.717, 1.165) is 0 Å². The predicted octanol–water partition coefficient (Wildman–Crippen LogP) is 0.636. The van der Waals surface area contributed by atoms with Gasteiger partial charge in [-0.25, -0.2) is 9.59 Å². The Bertz CT molecular complexity index is 254. The van der Waals surface area contributed by atoms with E-state index in [1.54, 1.807) is 20.8 Å². The van der Waals surface area contributed by atoms with E-state index in [2.05, 4.69) is 5.29 Å². The third kappa shape index (κ3) is 3.53. The van der Waals surface area contributed by atoms with Crippen molar-refractivity contribution in [1.82, 2.24) is 5.01 Å². The second kappa shape index (κ2) is 5.94. The first-order valence-electron chi connectivity index (χ1n) is 4.54. The molecule has 0 rings (SSSR count). The smallest absolute Gasteiger partial charge is 0.338 e. The zero-order valence-corrected chi connectivity index (χ0v) is 8.97. The molecule has 0 saturated carbocycles. The second-order valence-corrected chi connectivity index (χ2v) is 3.21. The highest BCUT2D eigenvalue weighted by Crippen LogP contribution is 2.13. The number of carbonyl (C=O) groups excluding carboxylic acids is 2. The van der Waals surface area contributed by atoms with Crippen molar-refractivity contribution in [2.24, 2.45) is 16.9 Å². The SMILES string of the molecule is CCOC(=O)C(C(C)C)N(N=O)C(N)=O. The lowest BCUT2D eigenvalue weighted by atomic mass is 10.0. The highest BCUT2D eigenvalue weighted by molar-refractivity contribution is 5.82. The first-order chi connectivity index (χ1) is 6.95. The first kappa shape index (κ1) is 13.3. The molecule has 0 saturated heterocycles. The molecule has 0 aromatic heterocycles. The quantitative estimate of drug-likeness (QED) is 0.414. The minimum Gasteiger partial charge on any atom is -0.464 e. The lowest BCUT2D eigenvalue weighted by Crippen LogP contribution is -2.47. The molecule has 7 nitrogen and oxygen atoms in total. The Kier molecular flexibility index (Phi) is 5.29. The lowest BCUT2D eigenvalue weighted by Gasteiger charge is -2.24. The van der Waals surface area contributed by atoms with E-state index >= 15 is 0 Å². The van der Waals surface area contributed by atoms with Gasteiger partial charge in [-0.2, -0.15) is 5.01 Å². The maximum Gasteiger partial charge on any atom is 0.338 e. The van der Waals surface area contributed by atoms with Gasteiger partial charge in [-0.05, 0) is 12.8 Å². The average molecular weight is 217 g/mol. The topological polar surface area (TPSA) is 102 Å². The van der Waals surface area contributed by atoms with Crippen molar-refractivity contribution in [3.8, 4) is 0 Å². The molecule has 0 aliphatic heterocycles. The molecule has 2 amide bonds. The van der Waals surface area contributed by atoms with Crippen LogP contribution in [0, 0.1) is 10.8 Å². The number of hydrogen-bond acceptors (Lipinski definition) is 5. The Labute approximate surface area is 87.5 Å². The summed E-state index contributed by atoms with van der Waals surface area (Å²) in [5.41, 5.74) is 4.91. The van der Waals surface area contributed by atoms with Crippen LogP contribution in [0.15, 0.2) is 5.29 Å². The summed E-state index contributed by atoms with van der Waals surface area (Å²) in [6, 6.07) is -2.14. The Hall–Kier alpha value is -1.66. The second-order valence-electron chi connectivity index (χ2n) is 3.21. The first-order valence-corrected chi connectivity index (χ1v) is 4.54. The molecule has 15 heavy (non-hydrogen) atoms. The van der Waals surface area contributed by atoms with Gasteiger partial charge in [0, 0.05) is 0 Å². The number of primary amides is 1. The molecule has 1 atom stereocenters. The zero-order chi connectivity index (χ0) is 12.0. The van der Waals surface area contributed by atoms with Crippen molar-refractivity contribution in [3.63, 3.8) is 0 Å². The molecule has 0 aliphatic rings. The van der Waals surface area contributed by atoms with E-state index in [1.807, 2.05) is 0 Å². The normalized spacial score (nSPS) is 12.0. The number of nitrogens with two attached hydrogens (primary N) is 1. The summed E-state index contributed by atoms with van der Waals surface area (Å²) >= 11 is 0. The molecule has 0 radical (unpaired) electrons. The van der Waals surface area contributed by atoms with E-state index in [1.165, 1.54) is 0 Å². The number of rotatable bonds is 5. The minimum absolute atomic E-state index is 0.160. The van der Waals surface area contributed by atoms with Crippen LogP contribution in [-0.4, -0.2) is 29.7 Å². The van der Waals surface area contributed by atoms with Gasteiger partial charge in [0.15, 0.2) is 6.04 Å². The van der Waals surface area contributed by atoms with Crippen LogP contribution in [-0.2, 0) is 9.53 Å². The molecule has 0 heterocycles. The number of nitroso groups, excluding NO2 is 1. The summed E-state index contributed by atoms with van der Waals surface area (Å²) in [6.45, 7) is 5.09. The highest BCUT2D eigenvalue weighted by Gasteiger charge is 2.34. The fourth-order valence-electron chi connectivity index (χ4n) is 1.11. The molecular formula is C8H15N3O4. The highest BCUT2D eigenvalue weighted by atomic mass is 16.5. The number of carbonyl (C=O) groups is 2. The fourth-order valence-corrected chi connectivity index (χ4v) is 1.11. The van der Waals surface area contributed by atoms with Gasteiger partial charge >= 0.3 is 12.0 Å². The Morgan fingerprint density at radius 1 is 1.47 bits per heavy atom. The molecule has 0 fully saturated rings. The van der Waals surface area contributed by atoms with Gasteiger partial charge in [0.2, 0.25) is 0 Å². The van der Waals surface area contributed by atoms with Crippen molar-refractivity contribution in [2.75, 3.05) is 6.61 Å². The maximum atomic E-state index is 11.4. The number of nitrogens with zero attached hydrogens (tertiary/aromatic N) is 2. The van der Waals surface area contributed by atoms with Crippen LogP contribution < -0.4 is 5.73 Å². The molecule has 0 aromatic rings. The molecule has 0 aliphatic carbocycles. The Morgan fingerprint density at radius 3 is 2.27 bits per heavy atom. The number of esters is 1. The van der Waals surface area contributed by atoms with E-state index in [9.17, 15) is 14.5 Å². The van der Waals surface area contributed by atoms with Crippen LogP contribution in [0.1, 0.15) is 20.8 Å². The number of amides is 2. The maximum absolute atomic E-state index is 11.4. The zero-order valence-electron chi connectivity index (χ0n) is 8.97. The van der Waals surface area contributed by atoms with Gasteiger partial charge < -0.3 is 10.5 Å². The average Bonchev–Trinajstić information content (AvgIpc) is 2.12. The lowest BCUT2D eigenvalue weighted by molar-refractivity contribution is -0.150. The van der Waals surface area contributed by atoms with E-state index in [4.69, 9.17) is 10.5 Å². The van der Waals surface area contributed by atoms with Gasteiger partial charge in [-0.3, -0.25) is 0 Å².